The molecule has 6 atom stereocenters. The highest BCUT2D eigenvalue weighted by atomic mass is 32.2. The summed E-state index contributed by atoms with van der Waals surface area (Å²) in [5.41, 5.74) is -1.38. The van der Waals surface area contributed by atoms with E-state index in [-0.39, 0.29) is 31.7 Å². The maximum absolute atomic E-state index is 14.1. The summed E-state index contributed by atoms with van der Waals surface area (Å²) in [6, 6.07) is 6.43. The first-order valence-corrected chi connectivity index (χ1v) is 19.4. The number of piperidine rings is 1. The van der Waals surface area contributed by atoms with E-state index < -0.39 is 61.8 Å². The summed E-state index contributed by atoms with van der Waals surface area (Å²) in [5, 5.41) is 31.4. The molecule has 1 aromatic rings. The van der Waals surface area contributed by atoms with Gasteiger partial charge in [0.05, 0.1) is 22.9 Å². The third-order valence-corrected chi connectivity index (χ3v) is 12.7. The SMILES string of the molecule is CCC(O)(CC)C(=O)N[C@H](C(=O)NC(Cc1ccccc1)C(O)CN1C[C@H]2CCCC[C@H]2CC1C(=O)NC(C)(C)C)C(C)(C)S(C)(=O)=O. The topological polar surface area (TPSA) is 165 Å². The van der Waals surface area contributed by atoms with E-state index in [0.717, 1.165) is 37.5 Å². The zero-order valence-corrected chi connectivity index (χ0v) is 31.0. The molecule has 1 saturated heterocycles. The summed E-state index contributed by atoms with van der Waals surface area (Å²) in [6.45, 7) is 12.6. The van der Waals surface area contributed by atoms with Crippen molar-refractivity contribution in [2.24, 2.45) is 11.8 Å². The number of carbonyl (C=O) groups excluding carboxylic acids is 3. The van der Waals surface area contributed by atoms with Crippen LogP contribution in [0.25, 0.3) is 0 Å². The van der Waals surface area contributed by atoms with Gasteiger partial charge in [0.2, 0.25) is 11.8 Å². The van der Waals surface area contributed by atoms with Crippen molar-refractivity contribution in [3.05, 3.63) is 35.9 Å². The minimum atomic E-state index is -3.90. The van der Waals surface area contributed by atoms with Crippen LogP contribution in [0.3, 0.4) is 0 Å². The number of rotatable bonds is 14. The molecule has 272 valence electrons. The predicted molar refractivity (Wildman–Crippen MR) is 188 cm³/mol. The maximum atomic E-state index is 14.1. The summed E-state index contributed by atoms with van der Waals surface area (Å²) in [5.74, 6) is -0.860. The van der Waals surface area contributed by atoms with Crippen molar-refractivity contribution in [1.82, 2.24) is 20.9 Å². The Hall–Kier alpha value is -2.54. The molecule has 12 heteroatoms. The molecule has 3 unspecified atom stereocenters. The highest BCUT2D eigenvalue weighted by molar-refractivity contribution is 7.92. The van der Waals surface area contributed by atoms with Crippen LogP contribution in [0.5, 0.6) is 0 Å². The summed E-state index contributed by atoms with van der Waals surface area (Å²) in [6.07, 6.45) is 5.36. The van der Waals surface area contributed by atoms with Gasteiger partial charge in [-0.2, -0.15) is 0 Å². The number of amides is 3. The molecule has 48 heavy (non-hydrogen) atoms. The van der Waals surface area contributed by atoms with Crippen LogP contribution in [0, 0.1) is 11.8 Å². The number of nitrogens with one attached hydrogen (secondary N) is 3. The van der Waals surface area contributed by atoms with E-state index in [9.17, 15) is 33.0 Å². The number of sulfone groups is 1. The van der Waals surface area contributed by atoms with Gasteiger partial charge in [-0.1, -0.05) is 63.4 Å². The first-order valence-electron chi connectivity index (χ1n) is 17.5. The Morgan fingerprint density at radius 3 is 2.08 bits per heavy atom. The minimum Gasteiger partial charge on any atom is -0.390 e. The number of hydrogen-bond acceptors (Lipinski definition) is 8. The number of carbonyl (C=O) groups is 3. The molecular weight excluding hydrogens is 632 g/mol. The Labute approximate surface area is 287 Å². The normalized spacial score (nSPS) is 22.9. The number of β-amino-alcohol motifs (C(OH)–C–C–N with tert-alkyl or cyclic N) is 1. The second kappa shape index (κ2) is 16.0. The van der Waals surface area contributed by atoms with Crippen molar-refractivity contribution in [3.63, 3.8) is 0 Å². The van der Waals surface area contributed by atoms with Crippen molar-refractivity contribution < 1.29 is 33.0 Å². The molecule has 1 heterocycles. The molecule has 3 rings (SSSR count). The smallest absolute Gasteiger partial charge is 0.252 e. The molecule has 0 radical (unpaired) electrons. The van der Waals surface area contributed by atoms with Gasteiger partial charge in [0, 0.05) is 24.9 Å². The molecule has 11 nitrogen and oxygen atoms in total. The molecule has 1 aromatic carbocycles. The Kier molecular flexibility index (Phi) is 13.3. The fourth-order valence-electron chi connectivity index (χ4n) is 7.02. The van der Waals surface area contributed by atoms with Crippen LogP contribution in [-0.4, -0.2) is 101 Å². The van der Waals surface area contributed by atoms with Crippen LogP contribution in [-0.2, 0) is 30.6 Å². The van der Waals surface area contributed by atoms with E-state index in [1.54, 1.807) is 13.8 Å². The van der Waals surface area contributed by atoms with Gasteiger partial charge in [-0.15, -0.1) is 0 Å². The molecule has 0 bridgehead atoms. The lowest BCUT2D eigenvalue weighted by Gasteiger charge is -2.47. The van der Waals surface area contributed by atoms with Crippen LogP contribution in [0.4, 0.5) is 0 Å². The first-order chi connectivity index (χ1) is 22.2. The molecule has 2 aliphatic rings. The van der Waals surface area contributed by atoms with Crippen molar-refractivity contribution in [2.75, 3.05) is 19.3 Å². The number of hydrogen-bond donors (Lipinski definition) is 5. The van der Waals surface area contributed by atoms with Crippen molar-refractivity contribution >= 4 is 27.6 Å². The van der Waals surface area contributed by atoms with E-state index >= 15 is 0 Å². The summed E-state index contributed by atoms with van der Waals surface area (Å²) in [7, 11) is -3.90. The molecule has 0 spiro atoms. The highest BCUT2D eigenvalue weighted by Crippen LogP contribution is 2.39. The quantitative estimate of drug-likeness (QED) is 0.199. The Bertz CT molecular complexity index is 1360. The number of benzene rings is 1. The molecule has 2 fully saturated rings. The van der Waals surface area contributed by atoms with Crippen LogP contribution in [0.2, 0.25) is 0 Å². The maximum Gasteiger partial charge on any atom is 0.252 e. The van der Waals surface area contributed by atoms with Gasteiger partial charge >= 0.3 is 0 Å². The van der Waals surface area contributed by atoms with E-state index in [0.29, 0.717) is 24.8 Å². The van der Waals surface area contributed by atoms with Crippen LogP contribution >= 0.6 is 0 Å². The van der Waals surface area contributed by atoms with Gasteiger partial charge in [0.15, 0.2) is 9.84 Å². The monoisotopic (exact) mass is 692 g/mol. The third kappa shape index (κ3) is 10.0. The van der Waals surface area contributed by atoms with E-state index in [2.05, 4.69) is 16.0 Å². The van der Waals surface area contributed by atoms with E-state index in [1.165, 1.54) is 13.8 Å². The molecule has 1 saturated carbocycles. The number of fused-ring (bicyclic) bond motifs is 1. The summed E-state index contributed by atoms with van der Waals surface area (Å²) in [4.78, 5) is 43.1. The van der Waals surface area contributed by atoms with Gasteiger partial charge in [-0.05, 0) is 84.1 Å². The Morgan fingerprint density at radius 2 is 1.54 bits per heavy atom. The molecule has 3 amide bonds. The van der Waals surface area contributed by atoms with E-state index in [1.807, 2.05) is 56.0 Å². The highest BCUT2D eigenvalue weighted by Gasteiger charge is 2.48. The third-order valence-electron chi connectivity index (χ3n) is 10.6. The fraction of sp³-hybridized carbons (Fsp3) is 0.750. The lowest BCUT2D eigenvalue weighted by Crippen LogP contribution is -2.65. The summed E-state index contributed by atoms with van der Waals surface area (Å²) < 4.78 is 24.2. The van der Waals surface area contributed by atoms with Gasteiger partial charge in [0.1, 0.15) is 11.6 Å². The fourth-order valence-corrected chi connectivity index (χ4v) is 7.61. The van der Waals surface area contributed by atoms with Crippen LogP contribution < -0.4 is 16.0 Å². The van der Waals surface area contributed by atoms with Gasteiger partial charge in [-0.3, -0.25) is 19.3 Å². The lowest BCUT2D eigenvalue weighted by atomic mass is 9.72. The van der Waals surface area contributed by atoms with E-state index in [4.69, 9.17) is 0 Å². The second-order valence-corrected chi connectivity index (χ2v) is 18.2. The van der Waals surface area contributed by atoms with Gasteiger partial charge in [0.25, 0.3) is 5.91 Å². The molecule has 0 aromatic heterocycles. The first kappa shape index (κ1) is 39.9. The van der Waals surface area contributed by atoms with Crippen LogP contribution in [0.15, 0.2) is 30.3 Å². The number of aliphatic hydroxyl groups is 2. The number of likely N-dealkylation sites (tertiary alicyclic amines) is 1. The lowest BCUT2D eigenvalue weighted by molar-refractivity contribution is -0.144. The molecule has 1 aliphatic heterocycles. The number of nitrogens with zero attached hydrogens (tertiary/aromatic N) is 1. The van der Waals surface area contributed by atoms with Crippen molar-refractivity contribution in [3.8, 4) is 0 Å². The predicted octanol–water partition coefficient (Wildman–Crippen LogP) is 2.73. The molecule has 5 N–H and O–H groups in total. The molecular formula is C36H60N4O7S. The number of aliphatic hydroxyl groups excluding tert-OH is 1. The second-order valence-electron chi connectivity index (χ2n) is 15.6. The van der Waals surface area contributed by atoms with Crippen molar-refractivity contribution in [2.45, 2.75) is 140 Å². The largest absolute Gasteiger partial charge is 0.390 e. The zero-order valence-electron chi connectivity index (χ0n) is 30.2. The standard InChI is InChI=1S/C36H60N4O7S/c1-9-36(45,10-2)33(44)38-30(35(6,7)48(8,46)47)32(43)37-27(20-24-16-12-11-13-17-24)29(41)23-40-22-26-19-15-14-18-25(26)21-28(40)31(42)39-34(3,4)5/h11-13,16-17,25-30,41,45H,9-10,14-15,18-23H2,1-8H3,(H,37,43)(H,38,44)(H,39,42)/t25-,26+,27?,28?,29?,30+/m0/s1. The zero-order chi connectivity index (χ0) is 36.1. The average molecular weight is 693 g/mol. The van der Waals surface area contributed by atoms with Crippen LogP contribution in [0.1, 0.15) is 99.0 Å². The Balaban J connectivity index is 1.96. The van der Waals surface area contributed by atoms with Gasteiger partial charge < -0.3 is 26.2 Å². The minimum absolute atomic E-state index is 0.0694. The Morgan fingerprint density at radius 1 is 0.958 bits per heavy atom. The van der Waals surface area contributed by atoms with Gasteiger partial charge in [-0.25, -0.2) is 8.42 Å². The molecule has 1 aliphatic carbocycles. The average Bonchev–Trinajstić information content (AvgIpc) is 3.01. The van der Waals surface area contributed by atoms with Crippen molar-refractivity contribution in [1.29, 1.82) is 0 Å². The summed E-state index contributed by atoms with van der Waals surface area (Å²) >= 11 is 0.